The van der Waals surface area contributed by atoms with Crippen molar-refractivity contribution in [2.24, 2.45) is 7.05 Å². The first-order valence-corrected chi connectivity index (χ1v) is 6.04. The topological polar surface area (TPSA) is 58.4 Å². The maximum atomic E-state index is 12.3. The molecule has 0 spiro atoms. The Morgan fingerprint density at radius 3 is 2.17 bits per heavy atom. The molecule has 0 aliphatic carbocycles. The van der Waals surface area contributed by atoms with Crippen molar-refractivity contribution in [1.29, 1.82) is 0 Å². The fourth-order valence-electron chi connectivity index (χ4n) is 2.20. The monoisotopic (exact) mass is 250 g/mol. The van der Waals surface area contributed by atoms with Gasteiger partial charge < -0.3 is 9.80 Å². The van der Waals surface area contributed by atoms with Crippen LogP contribution < -0.4 is 0 Å². The van der Waals surface area contributed by atoms with Gasteiger partial charge in [-0.2, -0.15) is 5.10 Å². The van der Waals surface area contributed by atoms with Gasteiger partial charge in [0.05, 0.1) is 5.69 Å². The number of aromatic nitrogens is 2. The molecule has 0 N–H and O–H groups in total. The van der Waals surface area contributed by atoms with Crippen LogP contribution in [0.5, 0.6) is 0 Å². The van der Waals surface area contributed by atoms with Crippen LogP contribution in [-0.2, 0) is 11.8 Å². The van der Waals surface area contributed by atoms with Crippen LogP contribution in [-0.4, -0.2) is 57.6 Å². The van der Waals surface area contributed by atoms with Gasteiger partial charge >= 0.3 is 0 Å². The van der Waals surface area contributed by atoms with E-state index in [1.165, 1.54) is 0 Å². The van der Waals surface area contributed by atoms with Gasteiger partial charge in [0.15, 0.2) is 0 Å². The number of aryl methyl sites for hydroxylation is 2. The van der Waals surface area contributed by atoms with Crippen molar-refractivity contribution in [2.75, 3.05) is 26.2 Å². The average Bonchev–Trinajstić information content (AvgIpc) is 2.67. The minimum absolute atomic E-state index is 0.0127. The predicted octanol–water partition coefficient (Wildman–Crippen LogP) is 0.0328. The normalized spacial score (nSPS) is 15.9. The van der Waals surface area contributed by atoms with Gasteiger partial charge in [-0.3, -0.25) is 14.3 Å². The molecule has 1 saturated heterocycles. The third kappa shape index (κ3) is 2.37. The maximum Gasteiger partial charge on any atom is 0.272 e. The summed E-state index contributed by atoms with van der Waals surface area (Å²) < 4.78 is 1.61. The van der Waals surface area contributed by atoms with E-state index in [1.54, 1.807) is 34.5 Å². The molecule has 1 aromatic heterocycles. The summed E-state index contributed by atoms with van der Waals surface area (Å²) in [5, 5.41) is 4.17. The maximum absolute atomic E-state index is 12.3. The van der Waals surface area contributed by atoms with E-state index >= 15 is 0 Å². The largest absolute Gasteiger partial charge is 0.339 e. The summed E-state index contributed by atoms with van der Waals surface area (Å²) in [5.41, 5.74) is 1.44. The lowest BCUT2D eigenvalue weighted by molar-refractivity contribution is -0.130. The highest BCUT2D eigenvalue weighted by Crippen LogP contribution is 2.09. The second-order valence-corrected chi connectivity index (χ2v) is 4.59. The quantitative estimate of drug-likeness (QED) is 0.706. The van der Waals surface area contributed by atoms with E-state index in [2.05, 4.69) is 5.10 Å². The van der Waals surface area contributed by atoms with Crippen molar-refractivity contribution >= 4 is 11.8 Å². The van der Waals surface area contributed by atoms with Crippen molar-refractivity contribution in [3.05, 3.63) is 17.5 Å². The summed E-state index contributed by atoms with van der Waals surface area (Å²) in [7, 11) is 1.77. The molecule has 1 aliphatic heterocycles. The number of piperazine rings is 1. The molecule has 0 radical (unpaired) electrons. The summed E-state index contributed by atoms with van der Waals surface area (Å²) in [4.78, 5) is 27.0. The first-order valence-electron chi connectivity index (χ1n) is 6.04. The second-order valence-electron chi connectivity index (χ2n) is 4.59. The zero-order chi connectivity index (χ0) is 13.3. The molecule has 98 valence electrons. The third-order valence-electron chi connectivity index (χ3n) is 3.23. The van der Waals surface area contributed by atoms with Crippen molar-refractivity contribution in [3.8, 4) is 0 Å². The van der Waals surface area contributed by atoms with Crippen molar-refractivity contribution in [2.45, 2.75) is 13.8 Å². The van der Waals surface area contributed by atoms with Crippen molar-refractivity contribution in [3.63, 3.8) is 0 Å². The van der Waals surface area contributed by atoms with E-state index in [0.717, 1.165) is 5.69 Å². The lowest BCUT2D eigenvalue weighted by atomic mass is 10.2. The van der Waals surface area contributed by atoms with E-state index in [0.29, 0.717) is 31.9 Å². The van der Waals surface area contributed by atoms with Crippen LogP contribution in [0.3, 0.4) is 0 Å². The molecule has 2 heterocycles. The number of hydrogen-bond donors (Lipinski definition) is 0. The Bertz CT molecular complexity index is 472. The van der Waals surface area contributed by atoms with Crippen LogP contribution in [0.1, 0.15) is 23.1 Å². The number of amides is 2. The van der Waals surface area contributed by atoms with Gasteiger partial charge in [-0.1, -0.05) is 0 Å². The summed E-state index contributed by atoms with van der Waals surface area (Å²) in [6, 6.07) is 1.79. The van der Waals surface area contributed by atoms with E-state index in [-0.39, 0.29) is 11.8 Å². The summed E-state index contributed by atoms with van der Waals surface area (Å²) in [6.45, 7) is 5.81. The van der Waals surface area contributed by atoms with Crippen LogP contribution in [0.4, 0.5) is 0 Å². The molecule has 0 bridgehead atoms. The van der Waals surface area contributed by atoms with E-state index in [1.807, 2.05) is 6.92 Å². The van der Waals surface area contributed by atoms with Crippen LogP contribution in [0, 0.1) is 6.92 Å². The molecule has 1 aromatic rings. The molecule has 2 amide bonds. The zero-order valence-electron chi connectivity index (χ0n) is 11.0. The van der Waals surface area contributed by atoms with E-state index in [4.69, 9.17) is 0 Å². The third-order valence-corrected chi connectivity index (χ3v) is 3.23. The van der Waals surface area contributed by atoms with Gasteiger partial charge in [-0.15, -0.1) is 0 Å². The van der Waals surface area contributed by atoms with E-state index < -0.39 is 0 Å². The van der Waals surface area contributed by atoms with Crippen LogP contribution >= 0.6 is 0 Å². The highest BCUT2D eigenvalue weighted by Gasteiger charge is 2.25. The van der Waals surface area contributed by atoms with Gasteiger partial charge in [0, 0.05) is 40.2 Å². The summed E-state index contributed by atoms with van der Waals surface area (Å²) in [5.74, 6) is 0.0554. The Labute approximate surface area is 106 Å². The number of nitrogens with zero attached hydrogens (tertiary/aromatic N) is 4. The number of hydrogen-bond acceptors (Lipinski definition) is 3. The van der Waals surface area contributed by atoms with Gasteiger partial charge in [0.1, 0.15) is 5.69 Å². The smallest absolute Gasteiger partial charge is 0.272 e. The Balaban J connectivity index is 2.04. The van der Waals surface area contributed by atoms with Gasteiger partial charge in [0.25, 0.3) is 5.91 Å². The standard InChI is InChI=1S/C12H18N4O2/c1-9-8-11(14(3)13-9)12(18)16-6-4-15(5-7-16)10(2)17/h8H,4-7H2,1-3H3. The molecule has 1 fully saturated rings. The molecule has 0 unspecified atom stereocenters. The first kappa shape index (κ1) is 12.6. The first-order chi connectivity index (χ1) is 8.49. The van der Waals surface area contributed by atoms with Gasteiger partial charge in [0.2, 0.25) is 5.91 Å². The SMILES string of the molecule is CC(=O)N1CCN(C(=O)c2cc(C)nn2C)CC1. The molecule has 1 aliphatic rings. The predicted molar refractivity (Wildman–Crippen MR) is 66.1 cm³/mol. The van der Waals surface area contributed by atoms with Gasteiger partial charge in [-0.05, 0) is 13.0 Å². The molecule has 0 saturated carbocycles. The number of rotatable bonds is 1. The molecular weight excluding hydrogens is 232 g/mol. The summed E-state index contributed by atoms with van der Waals surface area (Å²) in [6.07, 6.45) is 0. The van der Waals surface area contributed by atoms with Gasteiger partial charge in [-0.25, -0.2) is 0 Å². The second kappa shape index (κ2) is 4.80. The molecule has 6 nitrogen and oxygen atoms in total. The van der Waals surface area contributed by atoms with Crippen LogP contribution in [0.15, 0.2) is 6.07 Å². The Hall–Kier alpha value is -1.85. The Morgan fingerprint density at radius 1 is 1.17 bits per heavy atom. The molecule has 2 rings (SSSR count). The lowest BCUT2D eigenvalue weighted by Gasteiger charge is -2.34. The number of carbonyl (C=O) groups excluding carboxylic acids is 2. The molecule has 0 atom stereocenters. The molecule has 18 heavy (non-hydrogen) atoms. The lowest BCUT2D eigenvalue weighted by Crippen LogP contribution is -2.50. The fourth-order valence-corrected chi connectivity index (χ4v) is 2.20. The molecule has 0 aromatic carbocycles. The minimum atomic E-state index is -0.0127. The Kier molecular flexibility index (Phi) is 3.36. The van der Waals surface area contributed by atoms with Crippen LogP contribution in [0.25, 0.3) is 0 Å². The van der Waals surface area contributed by atoms with Crippen LogP contribution in [0.2, 0.25) is 0 Å². The summed E-state index contributed by atoms with van der Waals surface area (Å²) >= 11 is 0. The Morgan fingerprint density at radius 2 is 1.72 bits per heavy atom. The fraction of sp³-hybridized carbons (Fsp3) is 0.583. The molecular formula is C12H18N4O2. The zero-order valence-corrected chi connectivity index (χ0v) is 11.0. The molecule has 6 heteroatoms. The highest BCUT2D eigenvalue weighted by molar-refractivity contribution is 5.92. The van der Waals surface area contributed by atoms with Crippen molar-refractivity contribution < 1.29 is 9.59 Å². The highest BCUT2D eigenvalue weighted by atomic mass is 16.2. The van der Waals surface area contributed by atoms with E-state index in [9.17, 15) is 9.59 Å². The number of carbonyl (C=O) groups is 2. The van der Waals surface area contributed by atoms with Crippen molar-refractivity contribution in [1.82, 2.24) is 19.6 Å². The minimum Gasteiger partial charge on any atom is -0.339 e. The average molecular weight is 250 g/mol.